The van der Waals surface area contributed by atoms with Crippen molar-refractivity contribution in [2.45, 2.75) is 51.3 Å². The Balaban J connectivity index is 1.46. The van der Waals surface area contributed by atoms with Gasteiger partial charge in [0.2, 0.25) is 0 Å². The van der Waals surface area contributed by atoms with Crippen LogP contribution in [0.5, 0.6) is 5.75 Å². The summed E-state index contributed by atoms with van der Waals surface area (Å²) in [6, 6.07) is 8.36. The molecule has 0 bridgehead atoms. The number of amides is 1. The summed E-state index contributed by atoms with van der Waals surface area (Å²) >= 11 is 2.08. The van der Waals surface area contributed by atoms with E-state index >= 15 is 0 Å². The number of carbonyl (C=O) groups is 1. The highest BCUT2D eigenvalue weighted by atomic mass is 32.2. The Kier molecular flexibility index (Phi) is 8.73. The SMILES string of the molecule is CCNC(=NCCc1ccc(OCC(=O)NC2CC2)cc1)N1CCSC(C(C)C)C1. The van der Waals surface area contributed by atoms with Gasteiger partial charge in [-0.05, 0) is 49.8 Å². The first-order chi connectivity index (χ1) is 14.5. The number of carbonyl (C=O) groups excluding carboxylic acids is 1. The third-order valence-electron chi connectivity index (χ3n) is 5.37. The van der Waals surface area contributed by atoms with Crippen LogP contribution in [0.15, 0.2) is 29.3 Å². The standard InChI is InChI=1S/C23H36N4O2S/c1-4-24-23(27-13-14-30-21(15-27)17(2)3)25-12-11-18-5-9-20(10-6-18)29-16-22(28)26-19-7-8-19/h5-6,9-10,17,19,21H,4,7-8,11-16H2,1-3H3,(H,24,25)(H,26,28). The summed E-state index contributed by atoms with van der Waals surface area (Å²) in [5, 5.41) is 7.06. The van der Waals surface area contributed by atoms with Crippen LogP contribution in [0.25, 0.3) is 0 Å². The van der Waals surface area contributed by atoms with Gasteiger partial charge in [0, 0.05) is 43.2 Å². The molecule has 0 aromatic heterocycles. The Morgan fingerprint density at radius 3 is 2.73 bits per heavy atom. The fourth-order valence-corrected chi connectivity index (χ4v) is 4.68. The molecule has 2 aliphatic rings. The number of ether oxygens (including phenoxy) is 1. The summed E-state index contributed by atoms with van der Waals surface area (Å²) in [6.07, 6.45) is 3.06. The normalized spacial score (nSPS) is 19.7. The predicted molar refractivity (Wildman–Crippen MR) is 125 cm³/mol. The van der Waals surface area contributed by atoms with Gasteiger partial charge in [-0.1, -0.05) is 26.0 Å². The summed E-state index contributed by atoms with van der Waals surface area (Å²) in [6.45, 7) is 10.6. The van der Waals surface area contributed by atoms with Gasteiger partial charge in [-0.15, -0.1) is 0 Å². The molecule has 0 radical (unpaired) electrons. The lowest BCUT2D eigenvalue weighted by Crippen LogP contribution is -2.49. The summed E-state index contributed by atoms with van der Waals surface area (Å²) in [4.78, 5) is 19.0. The molecule has 1 saturated carbocycles. The van der Waals surface area contributed by atoms with Crippen molar-refractivity contribution in [3.8, 4) is 5.75 Å². The maximum absolute atomic E-state index is 11.7. The molecule has 6 nitrogen and oxygen atoms in total. The lowest BCUT2D eigenvalue weighted by atomic mass is 10.1. The number of nitrogens with one attached hydrogen (secondary N) is 2. The Morgan fingerprint density at radius 1 is 1.30 bits per heavy atom. The highest BCUT2D eigenvalue weighted by Crippen LogP contribution is 2.25. The lowest BCUT2D eigenvalue weighted by Gasteiger charge is -2.36. The number of rotatable bonds is 9. The van der Waals surface area contributed by atoms with Gasteiger partial charge in [0.1, 0.15) is 5.75 Å². The van der Waals surface area contributed by atoms with Gasteiger partial charge < -0.3 is 20.3 Å². The van der Waals surface area contributed by atoms with E-state index in [1.165, 1.54) is 5.56 Å². The maximum atomic E-state index is 11.7. The zero-order valence-corrected chi connectivity index (χ0v) is 19.3. The van der Waals surface area contributed by atoms with Crippen molar-refractivity contribution < 1.29 is 9.53 Å². The lowest BCUT2D eigenvalue weighted by molar-refractivity contribution is -0.123. The van der Waals surface area contributed by atoms with Crippen LogP contribution in [0.3, 0.4) is 0 Å². The zero-order valence-electron chi connectivity index (χ0n) is 18.5. The largest absolute Gasteiger partial charge is 0.484 e. The molecule has 1 aliphatic carbocycles. The van der Waals surface area contributed by atoms with Gasteiger partial charge in [0.15, 0.2) is 12.6 Å². The highest BCUT2D eigenvalue weighted by Gasteiger charge is 2.25. The van der Waals surface area contributed by atoms with Crippen molar-refractivity contribution >= 4 is 23.6 Å². The van der Waals surface area contributed by atoms with Crippen molar-refractivity contribution in [3.63, 3.8) is 0 Å². The van der Waals surface area contributed by atoms with Gasteiger partial charge in [0.05, 0.1) is 0 Å². The van der Waals surface area contributed by atoms with E-state index in [2.05, 4.69) is 60.2 Å². The number of benzene rings is 1. The second-order valence-corrected chi connectivity index (χ2v) is 9.71. The van der Waals surface area contributed by atoms with E-state index in [9.17, 15) is 4.79 Å². The van der Waals surface area contributed by atoms with Crippen LogP contribution in [-0.4, -0.2) is 66.6 Å². The molecule has 1 amide bonds. The molecule has 0 spiro atoms. The van der Waals surface area contributed by atoms with Crippen LogP contribution < -0.4 is 15.4 Å². The van der Waals surface area contributed by atoms with Crippen molar-refractivity contribution in [1.29, 1.82) is 0 Å². The first-order valence-corrected chi connectivity index (χ1v) is 12.3. The number of hydrogen-bond acceptors (Lipinski definition) is 4. The minimum Gasteiger partial charge on any atom is -0.484 e. The van der Waals surface area contributed by atoms with Crippen molar-refractivity contribution in [3.05, 3.63) is 29.8 Å². The van der Waals surface area contributed by atoms with Crippen LogP contribution in [0.4, 0.5) is 0 Å². The molecular formula is C23H36N4O2S. The average molecular weight is 433 g/mol. The quantitative estimate of drug-likeness (QED) is 0.464. The molecule has 2 fully saturated rings. The number of nitrogens with zero attached hydrogens (tertiary/aromatic N) is 2. The molecule has 1 heterocycles. The molecule has 2 N–H and O–H groups in total. The second kappa shape index (κ2) is 11.5. The van der Waals surface area contributed by atoms with Crippen LogP contribution in [0.2, 0.25) is 0 Å². The topological polar surface area (TPSA) is 66.0 Å². The van der Waals surface area contributed by atoms with Crippen molar-refractivity contribution in [2.75, 3.05) is 38.5 Å². The first-order valence-electron chi connectivity index (χ1n) is 11.2. The molecule has 1 unspecified atom stereocenters. The molecule has 1 aromatic rings. The monoisotopic (exact) mass is 432 g/mol. The van der Waals surface area contributed by atoms with E-state index in [0.29, 0.717) is 17.2 Å². The van der Waals surface area contributed by atoms with Crippen molar-refractivity contribution in [1.82, 2.24) is 15.5 Å². The molecular weight excluding hydrogens is 396 g/mol. The van der Waals surface area contributed by atoms with E-state index in [-0.39, 0.29) is 12.5 Å². The van der Waals surface area contributed by atoms with Crippen LogP contribution in [-0.2, 0) is 11.2 Å². The van der Waals surface area contributed by atoms with Crippen LogP contribution >= 0.6 is 11.8 Å². The van der Waals surface area contributed by atoms with E-state index in [4.69, 9.17) is 9.73 Å². The van der Waals surface area contributed by atoms with E-state index in [0.717, 1.165) is 62.9 Å². The Labute approximate surface area is 185 Å². The fourth-order valence-electron chi connectivity index (χ4n) is 3.39. The minimum atomic E-state index is -0.0392. The molecule has 1 aromatic carbocycles. The van der Waals surface area contributed by atoms with Crippen LogP contribution in [0.1, 0.15) is 39.2 Å². The van der Waals surface area contributed by atoms with Gasteiger partial charge >= 0.3 is 0 Å². The summed E-state index contributed by atoms with van der Waals surface area (Å²) in [5.41, 5.74) is 1.22. The first kappa shape index (κ1) is 22.8. The smallest absolute Gasteiger partial charge is 0.258 e. The third kappa shape index (κ3) is 7.42. The zero-order chi connectivity index (χ0) is 21.3. The van der Waals surface area contributed by atoms with E-state index in [1.807, 2.05) is 12.1 Å². The average Bonchev–Trinajstić information content (AvgIpc) is 3.56. The summed E-state index contributed by atoms with van der Waals surface area (Å²) in [7, 11) is 0. The second-order valence-electron chi connectivity index (χ2n) is 8.36. The molecule has 166 valence electrons. The van der Waals surface area contributed by atoms with Gasteiger partial charge in [0.25, 0.3) is 5.91 Å². The number of hydrogen-bond donors (Lipinski definition) is 2. The highest BCUT2D eigenvalue weighted by molar-refractivity contribution is 8.00. The molecule has 7 heteroatoms. The number of guanidine groups is 1. The Bertz CT molecular complexity index is 704. The molecule has 1 atom stereocenters. The number of aliphatic imine (C=N–C) groups is 1. The van der Waals surface area contributed by atoms with Gasteiger partial charge in [-0.25, -0.2) is 0 Å². The molecule has 30 heavy (non-hydrogen) atoms. The molecule has 1 aliphatic heterocycles. The Morgan fingerprint density at radius 2 is 2.07 bits per heavy atom. The minimum absolute atomic E-state index is 0.0392. The number of thioether (sulfide) groups is 1. The van der Waals surface area contributed by atoms with E-state index < -0.39 is 0 Å². The predicted octanol–water partition coefficient (Wildman–Crippen LogP) is 2.93. The van der Waals surface area contributed by atoms with Gasteiger partial charge in [-0.3, -0.25) is 9.79 Å². The molecule has 1 saturated heterocycles. The molecule has 3 rings (SSSR count). The summed E-state index contributed by atoms with van der Waals surface area (Å²) < 4.78 is 5.58. The third-order valence-corrected chi connectivity index (χ3v) is 6.91. The Hall–Kier alpha value is -1.89. The van der Waals surface area contributed by atoms with Crippen molar-refractivity contribution in [2.24, 2.45) is 10.9 Å². The maximum Gasteiger partial charge on any atom is 0.258 e. The van der Waals surface area contributed by atoms with Gasteiger partial charge in [-0.2, -0.15) is 11.8 Å². The fraction of sp³-hybridized carbons (Fsp3) is 0.652. The van der Waals surface area contributed by atoms with E-state index in [1.54, 1.807) is 0 Å². The summed E-state index contributed by atoms with van der Waals surface area (Å²) in [5.74, 6) is 3.56. The van der Waals surface area contributed by atoms with Crippen LogP contribution in [0, 0.1) is 5.92 Å².